The SMILES string of the molecule is C/C(O)=c1/c(-c2ccccc2)nc2nn3c(n12)=N[C@H](c1ccccc1)C=C3c1ccccc1. The third-order valence-corrected chi connectivity index (χ3v) is 5.84. The fourth-order valence-electron chi connectivity index (χ4n) is 4.33. The van der Waals surface area contributed by atoms with Gasteiger partial charge in [0.2, 0.25) is 5.62 Å². The largest absolute Gasteiger partial charge is 0.510 e. The molecule has 160 valence electrons. The normalized spacial score (nSPS) is 16.2. The summed E-state index contributed by atoms with van der Waals surface area (Å²) in [5, 5.41) is 16.1. The second-order valence-corrected chi connectivity index (χ2v) is 8.01. The Kier molecular flexibility index (Phi) is 4.43. The predicted octanol–water partition coefficient (Wildman–Crippen LogP) is 4.15. The number of rotatable bonds is 3. The van der Waals surface area contributed by atoms with E-state index in [2.05, 4.69) is 30.3 Å². The Labute approximate surface area is 190 Å². The molecular weight excluding hydrogens is 410 g/mol. The summed E-state index contributed by atoms with van der Waals surface area (Å²) >= 11 is 0. The van der Waals surface area contributed by atoms with E-state index in [1.165, 1.54) is 0 Å². The van der Waals surface area contributed by atoms with Gasteiger partial charge in [-0.15, -0.1) is 5.10 Å². The molecule has 5 aromatic rings. The minimum absolute atomic E-state index is 0.166. The average Bonchev–Trinajstić information content (AvgIpc) is 3.41. The van der Waals surface area contributed by atoms with Crippen LogP contribution in [0, 0.1) is 0 Å². The third-order valence-electron chi connectivity index (χ3n) is 5.84. The molecule has 2 aromatic heterocycles. The molecule has 0 saturated heterocycles. The topological polar surface area (TPSA) is 67.7 Å². The number of hydrogen-bond donors (Lipinski definition) is 1. The fourth-order valence-corrected chi connectivity index (χ4v) is 4.33. The Morgan fingerprint density at radius 3 is 2.06 bits per heavy atom. The Morgan fingerprint density at radius 1 is 0.818 bits per heavy atom. The predicted molar refractivity (Wildman–Crippen MR) is 128 cm³/mol. The first-order valence-electron chi connectivity index (χ1n) is 10.8. The number of aliphatic hydroxyl groups is 1. The van der Waals surface area contributed by atoms with Gasteiger partial charge in [-0.3, -0.25) is 0 Å². The molecular formula is C27H21N5O. The molecule has 6 nitrogen and oxygen atoms in total. The van der Waals surface area contributed by atoms with Gasteiger partial charge in [0.25, 0.3) is 5.78 Å². The van der Waals surface area contributed by atoms with Gasteiger partial charge in [0, 0.05) is 11.1 Å². The highest BCUT2D eigenvalue weighted by atomic mass is 16.3. The molecule has 0 bridgehead atoms. The number of aliphatic hydroxyl groups excluding tert-OH is 1. The lowest BCUT2D eigenvalue weighted by atomic mass is 10.0. The molecule has 0 aliphatic carbocycles. The number of fused-ring (bicyclic) bond motifs is 3. The van der Waals surface area contributed by atoms with Crippen LogP contribution in [-0.4, -0.2) is 24.3 Å². The van der Waals surface area contributed by atoms with E-state index in [0.717, 1.165) is 22.4 Å². The zero-order chi connectivity index (χ0) is 22.4. The summed E-state index contributed by atoms with van der Waals surface area (Å²) in [6, 6.07) is 30.0. The van der Waals surface area contributed by atoms with Crippen LogP contribution in [-0.2, 0) is 0 Å². The highest BCUT2D eigenvalue weighted by molar-refractivity contribution is 5.68. The number of imidazole rings is 1. The number of aromatic nitrogens is 4. The van der Waals surface area contributed by atoms with Crippen LogP contribution < -0.4 is 11.0 Å². The van der Waals surface area contributed by atoms with Gasteiger partial charge >= 0.3 is 0 Å². The molecule has 0 unspecified atom stereocenters. The van der Waals surface area contributed by atoms with Crippen molar-refractivity contribution in [3.05, 3.63) is 119 Å². The lowest BCUT2D eigenvalue weighted by molar-refractivity contribution is 0.495. The summed E-state index contributed by atoms with van der Waals surface area (Å²) in [6.07, 6.45) is 2.12. The lowest BCUT2D eigenvalue weighted by Gasteiger charge is -2.17. The number of benzene rings is 3. The first-order valence-corrected chi connectivity index (χ1v) is 10.8. The van der Waals surface area contributed by atoms with Gasteiger partial charge in [0.05, 0.1) is 11.7 Å². The second-order valence-electron chi connectivity index (χ2n) is 8.01. The summed E-state index contributed by atoms with van der Waals surface area (Å²) in [5.74, 6) is 0.658. The van der Waals surface area contributed by atoms with Crippen molar-refractivity contribution in [3.63, 3.8) is 0 Å². The monoisotopic (exact) mass is 431 g/mol. The minimum atomic E-state index is -0.191. The van der Waals surface area contributed by atoms with Crippen LogP contribution in [0.5, 0.6) is 0 Å². The van der Waals surface area contributed by atoms with E-state index in [9.17, 15) is 5.11 Å². The molecule has 3 heterocycles. The zero-order valence-electron chi connectivity index (χ0n) is 18.0. The molecule has 0 fully saturated rings. The Bertz CT molecular complexity index is 1610. The van der Waals surface area contributed by atoms with Crippen molar-refractivity contribution >= 4 is 17.2 Å². The zero-order valence-corrected chi connectivity index (χ0v) is 18.0. The Morgan fingerprint density at radius 2 is 1.42 bits per heavy atom. The van der Waals surface area contributed by atoms with Crippen LogP contribution in [0.15, 0.2) is 102 Å². The Hall–Kier alpha value is -4.45. The van der Waals surface area contributed by atoms with Gasteiger partial charge in [-0.1, -0.05) is 91.0 Å². The fraction of sp³-hybridized carbons (Fsp3) is 0.0741. The van der Waals surface area contributed by atoms with Crippen LogP contribution in [0.25, 0.3) is 28.5 Å². The van der Waals surface area contributed by atoms with Gasteiger partial charge in [-0.05, 0) is 18.6 Å². The maximum absolute atomic E-state index is 10.7. The van der Waals surface area contributed by atoms with E-state index < -0.39 is 0 Å². The van der Waals surface area contributed by atoms with E-state index in [0.29, 0.717) is 22.4 Å². The van der Waals surface area contributed by atoms with Crippen molar-refractivity contribution in [2.75, 3.05) is 0 Å². The van der Waals surface area contributed by atoms with Gasteiger partial charge in [0.15, 0.2) is 0 Å². The molecule has 0 radical (unpaired) electrons. The van der Waals surface area contributed by atoms with Gasteiger partial charge in [-0.25, -0.2) is 14.4 Å². The molecule has 33 heavy (non-hydrogen) atoms. The lowest BCUT2D eigenvalue weighted by Crippen LogP contribution is -2.33. The van der Waals surface area contributed by atoms with Crippen LogP contribution >= 0.6 is 0 Å². The summed E-state index contributed by atoms with van der Waals surface area (Å²) in [7, 11) is 0. The van der Waals surface area contributed by atoms with Crippen LogP contribution in [0.4, 0.5) is 0 Å². The first kappa shape index (κ1) is 19.3. The first-order chi connectivity index (χ1) is 16.2. The van der Waals surface area contributed by atoms with Crippen LogP contribution in [0.1, 0.15) is 24.1 Å². The maximum atomic E-state index is 10.7. The van der Waals surface area contributed by atoms with Crippen molar-refractivity contribution in [1.29, 1.82) is 0 Å². The summed E-state index contributed by atoms with van der Waals surface area (Å²) in [4.78, 5) is 9.85. The molecule has 0 saturated carbocycles. The molecule has 6 heteroatoms. The molecule has 1 aliphatic rings. The van der Waals surface area contributed by atoms with E-state index in [4.69, 9.17) is 15.1 Å². The third kappa shape index (κ3) is 3.15. The summed E-state index contributed by atoms with van der Waals surface area (Å²) < 4.78 is 3.67. The average molecular weight is 431 g/mol. The van der Waals surface area contributed by atoms with Gasteiger partial charge in [-0.2, -0.15) is 4.68 Å². The smallest absolute Gasteiger partial charge is 0.256 e. The minimum Gasteiger partial charge on any atom is -0.510 e. The van der Waals surface area contributed by atoms with E-state index in [1.54, 1.807) is 6.92 Å². The Balaban J connectivity index is 1.69. The highest BCUT2D eigenvalue weighted by Gasteiger charge is 2.24. The van der Waals surface area contributed by atoms with Crippen molar-refractivity contribution in [2.45, 2.75) is 13.0 Å². The van der Waals surface area contributed by atoms with Gasteiger partial charge < -0.3 is 5.11 Å². The van der Waals surface area contributed by atoms with Crippen molar-refractivity contribution in [1.82, 2.24) is 19.2 Å². The molecule has 6 rings (SSSR count). The van der Waals surface area contributed by atoms with E-state index in [-0.39, 0.29) is 11.8 Å². The summed E-state index contributed by atoms with van der Waals surface area (Å²) in [5.41, 5.74) is 5.28. The van der Waals surface area contributed by atoms with Crippen molar-refractivity contribution < 1.29 is 5.11 Å². The molecule has 1 aliphatic heterocycles. The molecule has 1 N–H and O–H groups in total. The van der Waals surface area contributed by atoms with Crippen LogP contribution in [0.2, 0.25) is 0 Å². The molecule has 1 atom stereocenters. The van der Waals surface area contributed by atoms with Crippen LogP contribution in [0.3, 0.4) is 0 Å². The quantitative estimate of drug-likeness (QED) is 0.467. The number of hydrogen-bond acceptors (Lipinski definition) is 4. The summed E-state index contributed by atoms with van der Waals surface area (Å²) in [6.45, 7) is 1.67. The second kappa shape index (κ2) is 7.60. The highest BCUT2D eigenvalue weighted by Crippen LogP contribution is 2.27. The maximum Gasteiger partial charge on any atom is 0.256 e. The number of nitrogens with zero attached hydrogens (tertiary/aromatic N) is 5. The molecule has 0 amide bonds. The standard InChI is InChI=1S/C27H21N5O/c1-18(33)25-24(21-15-9-4-10-16-21)29-26-30-32-23(20-13-7-3-8-14-20)17-22(28-27(32)31(25)26)19-11-5-2-6-12-19/h2-17,22,33H,1H3/b25-18+/t22-/m0/s1. The van der Waals surface area contributed by atoms with Crippen molar-refractivity contribution in [2.24, 2.45) is 4.99 Å². The molecule has 3 aromatic carbocycles. The van der Waals surface area contributed by atoms with E-state index in [1.807, 2.05) is 75.8 Å². The van der Waals surface area contributed by atoms with Gasteiger partial charge in [0.1, 0.15) is 16.8 Å². The van der Waals surface area contributed by atoms with E-state index >= 15 is 0 Å². The molecule has 0 spiro atoms. The van der Waals surface area contributed by atoms with Crippen molar-refractivity contribution in [3.8, 4) is 11.3 Å².